The first-order valence-electron chi connectivity index (χ1n) is 8.26. The second-order valence-corrected chi connectivity index (χ2v) is 6.73. The molecule has 5 nitrogen and oxygen atoms in total. The van der Waals surface area contributed by atoms with Crippen molar-refractivity contribution in [3.05, 3.63) is 52.2 Å². The van der Waals surface area contributed by atoms with Crippen LogP contribution >= 0.6 is 11.3 Å². The first-order chi connectivity index (χ1) is 12.3. The number of carbonyl (C=O) groups is 1. The van der Waals surface area contributed by atoms with Gasteiger partial charge in [0.2, 0.25) is 12.7 Å². The van der Waals surface area contributed by atoms with E-state index < -0.39 is 0 Å². The van der Waals surface area contributed by atoms with Crippen molar-refractivity contribution in [2.24, 2.45) is 0 Å². The summed E-state index contributed by atoms with van der Waals surface area (Å²) in [5.41, 5.74) is 0.885. The normalized spacial score (nSPS) is 14.0. The van der Waals surface area contributed by atoms with E-state index in [0.29, 0.717) is 18.7 Å². The van der Waals surface area contributed by atoms with Gasteiger partial charge in [0.05, 0.1) is 0 Å². The molecule has 0 fully saturated rings. The van der Waals surface area contributed by atoms with Crippen LogP contribution < -0.4 is 14.8 Å². The average molecular weight is 359 g/mol. The van der Waals surface area contributed by atoms with Gasteiger partial charge in [0.15, 0.2) is 11.5 Å². The molecular formula is C19H21NO4S. The number of ether oxygens (including phenoxy) is 2. The van der Waals surface area contributed by atoms with Crippen LogP contribution in [0.25, 0.3) is 6.08 Å². The molecule has 25 heavy (non-hydrogen) atoms. The predicted molar refractivity (Wildman–Crippen MR) is 98.0 cm³/mol. The lowest BCUT2D eigenvalue weighted by Crippen LogP contribution is -2.23. The van der Waals surface area contributed by atoms with Crippen LogP contribution in [-0.4, -0.2) is 31.0 Å². The van der Waals surface area contributed by atoms with E-state index in [0.717, 1.165) is 17.7 Å². The molecule has 1 aromatic heterocycles. The minimum Gasteiger partial charge on any atom is -0.454 e. The standard InChI is InChI=1S/C19H21NO4S/c21-10-8-15(18-2-1-11-25-18)7-9-20-19(22)6-4-14-3-5-16-17(12-14)24-13-23-16/h1-6,11-12,15,21H,7-10,13H2,(H,20,22)/b6-4+. The molecule has 1 aromatic carbocycles. The third-order valence-corrected chi connectivity index (χ3v) is 5.07. The highest BCUT2D eigenvalue weighted by molar-refractivity contribution is 7.10. The van der Waals surface area contributed by atoms with E-state index in [-0.39, 0.29) is 25.2 Å². The lowest BCUT2D eigenvalue weighted by atomic mass is 10.00. The quantitative estimate of drug-likeness (QED) is 0.711. The Balaban J connectivity index is 1.47. The van der Waals surface area contributed by atoms with Crippen LogP contribution in [0.3, 0.4) is 0 Å². The van der Waals surface area contributed by atoms with Gasteiger partial charge < -0.3 is 19.9 Å². The van der Waals surface area contributed by atoms with Crippen molar-refractivity contribution in [2.45, 2.75) is 18.8 Å². The number of hydrogen-bond acceptors (Lipinski definition) is 5. The van der Waals surface area contributed by atoms with Crippen LogP contribution in [-0.2, 0) is 4.79 Å². The third kappa shape index (κ3) is 4.84. The zero-order chi connectivity index (χ0) is 17.5. The Morgan fingerprint density at radius 3 is 2.96 bits per heavy atom. The van der Waals surface area contributed by atoms with Crippen LogP contribution in [0.2, 0.25) is 0 Å². The molecule has 1 aliphatic rings. The van der Waals surface area contributed by atoms with Crippen molar-refractivity contribution in [1.29, 1.82) is 0 Å². The van der Waals surface area contributed by atoms with Crippen molar-refractivity contribution < 1.29 is 19.4 Å². The van der Waals surface area contributed by atoms with E-state index in [2.05, 4.69) is 11.4 Å². The molecule has 2 N–H and O–H groups in total. The fourth-order valence-corrected chi connectivity index (χ4v) is 3.63. The Morgan fingerprint density at radius 1 is 1.28 bits per heavy atom. The molecule has 6 heteroatoms. The van der Waals surface area contributed by atoms with Crippen molar-refractivity contribution in [1.82, 2.24) is 5.32 Å². The van der Waals surface area contributed by atoms with Crippen LogP contribution in [0.15, 0.2) is 41.8 Å². The Labute approximate surface area is 150 Å². The molecule has 0 radical (unpaired) electrons. The summed E-state index contributed by atoms with van der Waals surface area (Å²) >= 11 is 1.69. The van der Waals surface area contributed by atoms with Crippen molar-refractivity contribution in [3.8, 4) is 11.5 Å². The molecule has 2 aromatic rings. The van der Waals surface area contributed by atoms with Gasteiger partial charge in [-0.2, -0.15) is 0 Å². The summed E-state index contributed by atoms with van der Waals surface area (Å²) in [7, 11) is 0. The van der Waals surface area contributed by atoms with Gasteiger partial charge in [-0.25, -0.2) is 0 Å². The maximum atomic E-state index is 12.0. The lowest BCUT2D eigenvalue weighted by Gasteiger charge is -2.14. The van der Waals surface area contributed by atoms with Crippen LogP contribution in [0, 0.1) is 0 Å². The molecule has 0 spiro atoms. The molecule has 0 saturated carbocycles. The van der Waals surface area contributed by atoms with Crippen molar-refractivity contribution in [2.75, 3.05) is 19.9 Å². The number of thiophene rings is 1. The van der Waals surface area contributed by atoms with Gasteiger partial charge in [0.1, 0.15) is 0 Å². The number of carbonyl (C=O) groups excluding carboxylic acids is 1. The van der Waals surface area contributed by atoms with Gasteiger partial charge in [0, 0.05) is 24.1 Å². The Kier molecular flexibility index (Phi) is 6.09. The summed E-state index contributed by atoms with van der Waals surface area (Å²) in [5, 5.41) is 14.1. The molecule has 132 valence electrons. The summed E-state index contributed by atoms with van der Waals surface area (Å²) < 4.78 is 10.6. The molecule has 0 saturated heterocycles. The van der Waals surface area contributed by atoms with Gasteiger partial charge in [-0.1, -0.05) is 12.1 Å². The smallest absolute Gasteiger partial charge is 0.243 e. The van der Waals surface area contributed by atoms with Crippen LogP contribution in [0.1, 0.15) is 29.2 Å². The Hall–Kier alpha value is -2.31. The number of hydrogen-bond donors (Lipinski definition) is 2. The topological polar surface area (TPSA) is 67.8 Å². The van der Waals surface area contributed by atoms with E-state index in [1.54, 1.807) is 17.4 Å². The fourth-order valence-electron chi connectivity index (χ4n) is 2.73. The second kappa shape index (κ2) is 8.69. The number of nitrogens with one attached hydrogen (secondary N) is 1. The largest absolute Gasteiger partial charge is 0.454 e. The first-order valence-corrected chi connectivity index (χ1v) is 9.14. The lowest BCUT2D eigenvalue weighted by molar-refractivity contribution is -0.116. The predicted octanol–water partition coefficient (Wildman–Crippen LogP) is 3.16. The molecule has 0 bridgehead atoms. The third-order valence-electron chi connectivity index (χ3n) is 4.04. The summed E-state index contributed by atoms with van der Waals surface area (Å²) in [4.78, 5) is 13.2. The summed E-state index contributed by atoms with van der Waals surface area (Å²) in [5.74, 6) is 1.57. The minimum atomic E-state index is -0.133. The average Bonchev–Trinajstić information content (AvgIpc) is 3.30. The van der Waals surface area contributed by atoms with Crippen LogP contribution in [0.4, 0.5) is 0 Å². The molecule has 2 heterocycles. The fraction of sp³-hybridized carbons (Fsp3) is 0.316. The van der Waals surface area contributed by atoms with Crippen molar-refractivity contribution >= 4 is 23.3 Å². The zero-order valence-electron chi connectivity index (χ0n) is 13.8. The molecule has 1 atom stereocenters. The molecular weight excluding hydrogens is 338 g/mol. The maximum absolute atomic E-state index is 12.0. The van der Waals surface area contributed by atoms with Gasteiger partial charge in [-0.15, -0.1) is 11.3 Å². The SMILES string of the molecule is O=C(/C=C/c1ccc2c(c1)OCO2)NCCC(CCO)c1cccs1. The first kappa shape index (κ1) is 17.5. The molecule has 3 rings (SSSR count). The van der Waals surface area contributed by atoms with Crippen LogP contribution in [0.5, 0.6) is 11.5 Å². The van der Waals surface area contributed by atoms with Crippen molar-refractivity contribution in [3.63, 3.8) is 0 Å². The Morgan fingerprint density at radius 2 is 2.16 bits per heavy atom. The number of rotatable bonds is 8. The highest BCUT2D eigenvalue weighted by Gasteiger charge is 2.13. The summed E-state index contributed by atoms with van der Waals surface area (Å²) in [6, 6.07) is 9.65. The van der Waals surface area contributed by atoms with Gasteiger partial charge in [-0.3, -0.25) is 4.79 Å². The number of amides is 1. The van der Waals surface area contributed by atoms with E-state index in [1.165, 1.54) is 11.0 Å². The van der Waals surface area contributed by atoms with E-state index in [9.17, 15) is 9.90 Å². The van der Waals surface area contributed by atoms with Gasteiger partial charge >= 0.3 is 0 Å². The van der Waals surface area contributed by atoms with Gasteiger partial charge in [0.25, 0.3) is 0 Å². The van der Waals surface area contributed by atoms with E-state index in [4.69, 9.17) is 9.47 Å². The number of fused-ring (bicyclic) bond motifs is 1. The minimum absolute atomic E-state index is 0.133. The second-order valence-electron chi connectivity index (χ2n) is 5.75. The highest BCUT2D eigenvalue weighted by atomic mass is 32.1. The number of benzene rings is 1. The number of aliphatic hydroxyl groups is 1. The van der Waals surface area contributed by atoms with Gasteiger partial charge in [-0.05, 0) is 54.0 Å². The molecule has 1 amide bonds. The molecule has 0 aliphatic carbocycles. The summed E-state index contributed by atoms with van der Waals surface area (Å²) in [6.07, 6.45) is 4.79. The molecule has 1 aliphatic heterocycles. The Bertz CT molecular complexity index is 727. The molecule has 1 unspecified atom stereocenters. The number of aliphatic hydroxyl groups excluding tert-OH is 1. The van der Waals surface area contributed by atoms with E-state index >= 15 is 0 Å². The van der Waals surface area contributed by atoms with E-state index in [1.807, 2.05) is 29.6 Å². The highest BCUT2D eigenvalue weighted by Crippen LogP contribution is 2.32. The zero-order valence-corrected chi connectivity index (χ0v) is 14.6. The maximum Gasteiger partial charge on any atom is 0.243 e. The monoisotopic (exact) mass is 359 g/mol. The summed E-state index contributed by atoms with van der Waals surface area (Å²) in [6.45, 7) is 0.968.